The van der Waals surface area contributed by atoms with Gasteiger partial charge in [0.05, 0.1) is 26.8 Å². The number of aromatic nitrogens is 3. The van der Waals surface area contributed by atoms with E-state index in [2.05, 4.69) is 49.8 Å². The Labute approximate surface area is 178 Å². The average Bonchev–Trinajstić information content (AvgIpc) is 3.07. The van der Waals surface area contributed by atoms with Gasteiger partial charge in [-0.15, -0.1) is 23.1 Å². The number of aliphatic hydroxyl groups is 2. The topological polar surface area (TPSA) is 78.8 Å². The van der Waals surface area contributed by atoms with Gasteiger partial charge in [-0.3, -0.25) is 4.68 Å². The number of hydrogen-bond donors (Lipinski definition) is 3. The third-order valence-corrected chi connectivity index (χ3v) is 2.63. The zero-order valence-electron chi connectivity index (χ0n) is 16.8. The summed E-state index contributed by atoms with van der Waals surface area (Å²) in [6, 6.07) is 0. The predicted molar refractivity (Wildman–Crippen MR) is 112 cm³/mol. The van der Waals surface area contributed by atoms with Gasteiger partial charge in [-0.25, -0.2) is 0 Å². The van der Waals surface area contributed by atoms with Crippen molar-refractivity contribution in [1.82, 2.24) is 19.9 Å². The standard InChI is InChI=1S/C7H14N4.C5H12ClN.C3H4O.C2H6O.CH4.ClH/c1-10(2)5-3-6-11-7-4-8-9-11;1-7(2)5-3-4-6;1-2-3-4;1-2-3;;/h4,7H,3,5-6H2,1-2H3;3-5H2,1-2H3;1,4H,3H2;3H,2H2,1H3;1H4;1H. The minimum atomic E-state index is -0.153. The molecular weight excluding hydrogens is 389 g/mol. The molecule has 0 aromatic carbocycles. The average molecular weight is 430 g/mol. The fourth-order valence-corrected chi connectivity index (χ4v) is 1.45. The van der Waals surface area contributed by atoms with Crippen LogP contribution in [0.2, 0.25) is 0 Å². The molecule has 0 aliphatic rings. The highest BCUT2D eigenvalue weighted by molar-refractivity contribution is 6.17. The number of aliphatic hydroxyl groups excluding tert-OH is 2. The Morgan fingerprint density at radius 1 is 1.26 bits per heavy atom. The van der Waals surface area contributed by atoms with Gasteiger partial charge in [-0.1, -0.05) is 18.6 Å². The third kappa shape index (κ3) is 45.8. The predicted octanol–water partition coefficient (Wildman–Crippen LogP) is -2.76. The summed E-state index contributed by atoms with van der Waals surface area (Å²) in [5, 5.41) is 22.8. The number of aryl methyl sites for hydroxylation is 1. The van der Waals surface area contributed by atoms with E-state index >= 15 is 0 Å². The lowest BCUT2D eigenvalue weighted by Gasteiger charge is -2.07. The van der Waals surface area contributed by atoms with Crippen molar-refractivity contribution in [2.45, 2.75) is 33.7 Å². The van der Waals surface area contributed by atoms with Crippen molar-refractivity contribution in [3.63, 3.8) is 0 Å². The lowest BCUT2D eigenvalue weighted by molar-refractivity contribution is -0.858. The van der Waals surface area contributed by atoms with Crippen molar-refractivity contribution in [1.29, 1.82) is 0 Å². The van der Waals surface area contributed by atoms with Crippen LogP contribution in [0.25, 0.3) is 0 Å². The molecular formula is C18H41Cl2N5O2. The van der Waals surface area contributed by atoms with Crippen molar-refractivity contribution in [3.05, 3.63) is 12.4 Å². The van der Waals surface area contributed by atoms with Gasteiger partial charge in [0.1, 0.15) is 6.61 Å². The van der Waals surface area contributed by atoms with E-state index in [-0.39, 0.29) is 33.0 Å². The Kier molecular flexibility index (Phi) is 44.8. The van der Waals surface area contributed by atoms with Gasteiger partial charge >= 0.3 is 0 Å². The minimum absolute atomic E-state index is 0. The van der Waals surface area contributed by atoms with Crippen LogP contribution >= 0.6 is 11.6 Å². The lowest BCUT2D eigenvalue weighted by Crippen LogP contribution is -3.05. The van der Waals surface area contributed by atoms with Crippen LogP contribution in [0.1, 0.15) is 27.2 Å². The number of rotatable bonds is 7. The molecule has 0 bridgehead atoms. The van der Waals surface area contributed by atoms with Crippen LogP contribution in [0.15, 0.2) is 12.4 Å². The number of hydrogen-bond acceptors (Lipinski definition) is 5. The molecule has 0 spiro atoms. The van der Waals surface area contributed by atoms with E-state index in [1.165, 1.54) is 11.4 Å². The molecule has 0 aliphatic heterocycles. The maximum absolute atomic E-state index is 7.64. The number of halogens is 2. The summed E-state index contributed by atoms with van der Waals surface area (Å²) < 4.78 is 1.85. The van der Waals surface area contributed by atoms with Gasteiger partial charge < -0.3 is 32.4 Å². The van der Waals surface area contributed by atoms with Crippen molar-refractivity contribution < 1.29 is 27.5 Å². The fraction of sp³-hybridized carbons (Fsp3) is 0.778. The van der Waals surface area contributed by atoms with Crippen molar-refractivity contribution in [2.24, 2.45) is 0 Å². The second kappa shape index (κ2) is 32.8. The fourth-order valence-electron chi connectivity index (χ4n) is 1.32. The van der Waals surface area contributed by atoms with E-state index < -0.39 is 0 Å². The number of quaternary nitrogens is 1. The van der Waals surface area contributed by atoms with Gasteiger partial charge in [0.15, 0.2) is 0 Å². The molecule has 1 aromatic rings. The largest absolute Gasteiger partial charge is 1.00 e. The Hall–Kier alpha value is -0.880. The Morgan fingerprint density at radius 3 is 2.04 bits per heavy atom. The van der Waals surface area contributed by atoms with Crippen LogP contribution in [0, 0.1) is 12.3 Å². The zero-order chi connectivity index (χ0) is 19.9. The van der Waals surface area contributed by atoms with Crippen molar-refractivity contribution in [2.75, 3.05) is 60.4 Å². The molecule has 0 aliphatic carbocycles. The highest BCUT2D eigenvalue weighted by Crippen LogP contribution is 1.88. The third-order valence-electron chi connectivity index (χ3n) is 2.37. The van der Waals surface area contributed by atoms with Crippen LogP contribution in [0.4, 0.5) is 0 Å². The van der Waals surface area contributed by atoms with E-state index in [1.54, 1.807) is 13.1 Å². The maximum atomic E-state index is 7.64. The molecule has 3 N–H and O–H groups in total. The van der Waals surface area contributed by atoms with E-state index in [4.69, 9.17) is 21.8 Å². The van der Waals surface area contributed by atoms with Gasteiger partial charge in [0.25, 0.3) is 0 Å². The summed E-state index contributed by atoms with van der Waals surface area (Å²) >= 11 is 5.43. The Balaban J connectivity index is -0.0000000881. The summed E-state index contributed by atoms with van der Waals surface area (Å²) in [5.41, 5.74) is 0. The first-order valence-corrected chi connectivity index (χ1v) is 8.91. The molecule has 0 fully saturated rings. The molecule has 9 heteroatoms. The molecule has 27 heavy (non-hydrogen) atoms. The van der Waals surface area contributed by atoms with Gasteiger partial charge in [0, 0.05) is 31.6 Å². The Morgan fingerprint density at radius 2 is 1.78 bits per heavy atom. The van der Waals surface area contributed by atoms with E-state index in [9.17, 15) is 0 Å². The molecule has 0 atom stereocenters. The van der Waals surface area contributed by atoms with Gasteiger partial charge in [-0.05, 0) is 34.0 Å². The lowest BCUT2D eigenvalue weighted by atomic mass is 10.4. The van der Waals surface area contributed by atoms with E-state index in [0.717, 1.165) is 31.8 Å². The zero-order valence-corrected chi connectivity index (χ0v) is 18.3. The van der Waals surface area contributed by atoms with Gasteiger partial charge in [-0.2, -0.15) is 0 Å². The normalized spacial score (nSPS) is 8.48. The quantitative estimate of drug-likeness (QED) is 0.323. The number of nitrogens with one attached hydrogen (secondary N) is 1. The van der Waals surface area contributed by atoms with Crippen molar-refractivity contribution in [3.8, 4) is 12.3 Å². The summed E-state index contributed by atoms with van der Waals surface area (Å²) in [4.78, 5) is 3.64. The smallest absolute Gasteiger partial charge is 0.103 e. The molecule has 0 radical (unpaired) electrons. The Bertz CT molecular complexity index is 372. The first-order valence-electron chi connectivity index (χ1n) is 8.38. The molecule has 164 valence electrons. The SMILES string of the molecule is C.C#CCO.CCO.CN(C)CCCn1ccnn1.C[NH+](C)CCCCl.[Cl-]. The maximum Gasteiger partial charge on any atom is 0.103 e. The first-order chi connectivity index (χ1) is 11.9. The number of alkyl halides is 1. The van der Waals surface area contributed by atoms with Crippen LogP contribution in [0.3, 0.4) is 0 Å². The highest BCUT2D eigenvalue weighted by Gasteiger charge is 1.92. The van der Waals surface area contributed by atoms with Crippen molar-refractivity contribution >= 4 is 11.6 Å². The summed E-state index contributed by atoms with van der Waals surface area (Å²) in [6.07, 6.45) is 10.4. The summed E-state index contributed by atoms with van der Waals surface area (Å²) in [6.45, 7) is 5.02. The molecule has 7 nitrogen and oxygen atoms in total. The molecule has 0 unspecified atom stereocenters. The van der Waals surface area contributed by atoms with Crippen LogP contribution in [0.5, 0.6) is 0 Å². The summed E-state index contributed by atoms with van der Waals surface area (Å²) in [7, 11) is 8.40. The molecule has 1 heterocycles. The van der Waals surface area contributed by atoms with Crippen LogP contribution < -0.4 is 17.3 Å². The molecule has 1 rings (SSSR count). The molecule has 0 saturated carbocycles. The summed E-state index contributed by atoms with van der Waals surface area (Å²) in [5.74, 6) is 2.78. The molecule has 0 amide bonds. The minimum Gasteiger partial charge on any atom is -1.00 e. The first kappa shape index (κ1) is 37.0. The van der Waals surface area contributed by atoms with E-state index in [1.807, 2.05) is 16.8 Å². The van der Waals surface area contributed by atoms with E-state index in [0.29, 0.717) is 0 Å². The van der Waals surface area contributed by atoms with Crippen LogP contribution in [-0.4, -0.2) is 90.5 Å². The molecule has 0 saturated heterocycles. The van der Waals surface area contributed by atoms with Gasteiger partial charge in [0.2, 0.25) is 0 Å². The second-order valence-corrected chi connectivity index (χ2v) is 5.88. The molecule has 1 aromatic heterocycles. The van der Waals surface area contributed by atoms with Crippen LogP contribution in [-0.2, 0) is 6.54 Å². The number of nitrogens with zero attached hydrogens (tertiary/aromatic N) is 4. The second-order valence-electron chi connectivity index (χ2n) is 5.50. The monoisotopic (exact) mass is 429 g/mol. The number of terminal acetylenes is 1. The highest BCUT2D eigenvalue weighted by atomic mass is 35.5.